The minimum atomic E-state index is -1.22. The molecule has 8 nitrogen and oxygen atoms in total. The molecular weight excluding hydrogens is 302 g/mol. The molecule has 0 aliphatic carbocycles. The fraction of sp³-hybridized carbons (Fsp3) is 0.200. The van der Waals surface area contributed by atoms with Crippen LogP contribution in [0.3, 0.4) is 0 Å². The monoisotopic (exact) mass is 317 g/mol. The second kappa shape index (κ2) is 5.91. The first-order chi connectivity index (χ1) is 10.7. The molecule has 4 N–H and O–H groups in total. The summed E-state index contributed by atoms with van der Waals surface area (Å²) >= 11 is 0. The molecule has 0 bridgehead atoms. The first-order valence-corrected chi connectivity index (χ1v) is 6.70. The van der Waals surface area contributed by atoms with E-state index in [0.29, 0.717) is 17.0 Å². The van der Waals surface area contributed by atoms with Crippen LogP contribution in [0.1, 0.15) is 25.3 Å². The number of hydrogen-bond acceptors (Lipinski definition) is 5. The fourth-order valence-electron chi connectivity index (χ4n) is 2.76. The van der Waals surface area contributed by atoms with E-state index in [0.717, 1.165) is 0 Å². The van der Waals surface area contributed by atoms with Gasteiger partial charge in [-0.15, -0.1) is 0 Å². The first kappa shape index (κ1) is 16.2. The Morgan fingerprint density at radius 3 is 2.39 bits per heavy atom. The normalized spacial score (nSPS) is 17.7. The van der Waals surface area contributed by atoms with Gasteiger partial charge in [-0.2, -0.15) is 0 Å². The molecule has 0 radical (unpaired) electrons. The SMILES string of the molecule is CC1=C(C(N)=O)C(c2cccc([N+](=O)[O-])c2)C(C(=O)O)=C(C)N1. The summed E-state index contributed by atoms with van der Waals surface area (Å²) in [5.41, 5.74) is 6.34. The lowest BCUT2D eigenvalue weighted by molar-refractivity contribution is -0.384. The quantitative estimate of drug-likeness (QED) is 0.567. The maximum absolute atomic E-state index is 11.8. The molecule has 1 amide bonds. The van der Waals surface area contributed by atoms with E-state index >= 15 is 0 Å². The number of nitro groups is 1. The molecule has 0 spiro atoms. The molecule has 0 fully saturated rings. The third kappa shape index (κ3) is 2.91. The van der Waals surface area contributed by atoms with Crippen molar-refractivity contribution in [2.24, 2.45) is 5.73 Å². The molecule has 1 aromatic carbocycles. The second-order valence-electron chi connectivity index (χ2n) is 5.16. The van der Waals surface area contributed by atoms with E-state index in [2.05, 4.69) is 5.32 Å². The van der Waals surface area contributed by atoms with Crippen molar-refractivity contribution >= 4 is 17.6 Å². The predicted octanol–water partition coefficient (Wildman–Crippen LogP) is 1.40. The van der Waals surface area contributed by atoms with Crippen molar-refractivity contribution in [1.82, 2.24) is 5.32 Å². The van der Waals surface area contributed by atoms with Gasteiger partial charge in [0.05, 0.1) is 16.4 Å². The van der Waals surface area contributed by atoms with Crippen molar-refractivity contribution < 1.29 is 19.6 Å². The Bertz CT molecular complexity index is 743. The zero-order valence-electron chi connectivity index (χ0n) is 12.5. The lowest BCUT2D eigenvalue weighted by Crippen LogP contribution is -2.33. The standard InChI is InChI=1S/C15H15N3O5/c1-7-11(14(16)19)13(12(15(20)21)8(2)17-7)9-4-3-5-10(6-9)18(22)23/h3-6,13,17H,1-2H3,(H2,16,19)(H,20,21). The highest BCUT2D eigenvalue weighted by Crippen LogP contribution is 2.38. The van der Waals surface area contributed by atoms with Gasteiger partial charge in [-0.05, 0) is 19.4 Å². The first-order valence-electron chi connectivity index (χ1n) is 6.70. The zero-order valence-corrected chi connectivity index (χ0v) is 12.5. The van der Waals surface area contributed by atoms with E-state index in [4.69, 9.17) is 5.73 Å². The minimum Gasteiger partial charge on any atom is -0.478 e. The average molecular weight is 317 g/mol. The van der Waals surface area contributed by atoms with Crippen LogP contribution >= 0.6 is 0 Å². The van der Waals surface area contributed by atoms with Crippen LogP contribution in [0.25, 0.3) is 0 Å². The third-order valence-electron chi connectivity index (χ3n) is 3.67. The fourth-order valence-corrected chi connectivity index (χ4v) is 2.76. The zero-order chi connectivity index (χ0) is 17.3. The number of dihydropyridines is 1. The number of rotatable bonds is 4. The number of hydrogen-bond donors (Lipinski definition) is 3. The number of primary amides is 1. The van der Waals surface area contributed by atoms with Gasteiger partial charge in [0.1, 0.15) is 0 Å². The average Bonchev–Trinajstić information content (AvgIpc) is 2.45. The Kier molecular flexibility index (Phi) is 4.17. The van der Waals surface area contributed by atoms with Crippen molar-refractivity contribution in [2.75, 3.05) is 0 Å². The molecule has 0 saturated carbocycles. The van der Waals surface area contributed by atoms with Gasteiger partial charge in [0.25, 0.3) is 5.69 Å². The Morgan fingerprint density at radius 2 is 1.87 bits per heavy atom. The lowest BCUT2D eigenvalue weighted by Gasteiger charge is -2.29. The Labute approximate surface area is 131 Å². The largest absolute Gasteiger partial charge is 0.478 e. The molecule has 0 aromatic heterocycles. The highest BCUT2D eigenvalue weighted by molar-refractivity contribution is 6.00. The number of benzene rings is 1. The number of carbonyl (C=O) groups is 2. The predicted molar refractivity (Wildman–Crippen MR) is 81.2 cm³/mol. The number of nitrogens with one attached hydrogen (secondary N) is 1. The number of carboxylic acids is 1. The highest BCUT2D eigenvalue weighted by atomic mass is 16.6. The van der Waals surface area contributed by atoms with Gasteiger partial charge in [0.15, 0.2) is 0 Å². The molecule has 1 aromatic rings. The van der Waals surface area contributed by atoms with Gasteiger partial charge in [0.2, 0.25) is 5.91 Å². The Morgan fingerprint density at radius 1 is 1.26 bits per heavy atom. The van der Waals surface area contributed by atoms with Gasteiger partial charge in [-0.1, -0.05) is 12.1 Å². The maximum atomic E-state index is 11.8. The number of amides is 1. The molecule has 1 aliphatic rings. The Hall–Kier alpha value is -3.16. The third-order valence-corrected chi connectivity index (χ3v) is 3.67. The van der Waals surface area contributed by atoms with Crippen LogP contribution in [-0.4, -0.2) is 21.9 Å². The minimum absolute atomic E-state index is 0.0649. The lowest BCUT2D eigenvalue weighted by atomic mass is 9.80. The van der Waals surface area contributed by atoms with E-state index in [1.54, 1.807) is 13.8 Å². The van der Waals surface area contributed by atoms with Crippen molar-refractivity contribution in [2.45, 2.75) is 19.8 Å². The number of carboxylic acid groups (broad SMARTS) is 1. The number of carbonyl (C=O) groups excluding carboxylic acids is 1. The van der Waals surface area contributed by atoms with Crippen molar-refractivity contribution in [3.63, 3.8) is 0 Å². The summed E-state index contributed by atoms with van der Waals surface area (Å²) in [6.45, 7) is 3.17. The van der Waals surface area contributed by atoms with Crippen LogP contribution < -0.4 is 11.1 Å². The number of nitro benzene ring substituents is 1. The van der Waals surface area contributed by atoms with E-state index < -0.39 is 22.7 Å². The van der Waals surface area contributed by atoms with E-state index in [1.165, 1.54) is 24.3 Å². The van der Waals surface area contributed by atoms with Crippen LogP contribution in [0.15, 0.2) is 46.8 Å². The number of nitrogens with zero attached hydrogens (tertiary/aromatic N) is 1. The molecule has 2 rings (SSSR count). The van der Waals surface area contributed by atoms with Gasteiger partial charge in [0, 0.05) is 29.1 Å². The molecule has 23 heavy (non-hydrogen) atoms. The summed E-state index contributed by atoms with van der Waals surface area (Å²) in [5.74, 6) is -2.97. The van der Waals surface area contributed by atoms with E-state index in [1.807, 2.05) is 0 Å². The van der Waals surface area contributed by atoms with Gasteiger partial charge < -0.3 is 16.2 Å². The van der Waals surface area contributed by atoms with Crippen LogP contribution in [0.5, 0.6) is 0 Å². The van der Waals surface area contributed by atoms with E-state index in [-0.39, 0.29) is 16.8 Å². The highest BCUT2D eigenvalue weighted by Gasteiger charge is 2.36. The number of nitrogens with two attached hydrogens (primary N) is 1. The molecular formula is C15H15N3O5. The number of non-ortho nitro benzene ring substituents is 1. The van der Waals surface area contributed by atoms with Crippen LogP contribution in [0.2, 0.25) is 0 Å². The van der Waals surface area contributed by atoms with Gasteiger partial charge >= 0.3 is 5.97 Å². The summed E-state index contributed by atoms with van der Waals surface area (Å²) in [4.78, 5) is 33.8. The van der Waals surface area contributed by atoms with Crippen LogP contribution in [0.4, 0.5) is 5.69 Å². The molecule has 8 heteroatoms. The summed E-state index contributed by atoms with van der Waals surface area (Å²) in [5, 5.41) is 23.3. The number of aliphatic carboxylic acids is 1. The van der Waals surface area contributed by atoms with Crippen molar-refractivity contribution in [3.05, 3.63) is 62.5 Å². The summed E-state index contributed by atoms with van der Waals surface area (Å²) < 4.78 is 0. The van der Waals surface area contributed by atoms with Crippen molar-refractivity contribution in [3.8, 4) is 0 Å². The molecule has 1 atom stereocenters. The van der Waals surface area contributed by atoms with Crippen LogP contribution in [-0.2, 0) is 9.59 Å². The Balaban J connectivity index is 2.72. The van der Waals surface area contributed by atoms with Gasteiger partial charge in [-0.25, -0.2) is 4.79 Å². The maximum Gasteiger partial charge on any atom is 0.334 e. The molecule has 0 saturated heterocycles. The second-order valence-corrected chi connectivity index (χ2v) is 5.16. The van der Waals surface area contributed by atoms with E-state index in [9.17, 15) is 24.8 Å². The molecule has 1 aliphatic heterocycles. The smallest absolute Gasteiger partial charge is 0.334 e. The van der Waals surface area contributed by atoms with Crippen molar-refractivity contribution in [1.29, 1.82) is 0 Å². The van der Waals surface area contributed by atoms with Gasteiger partial charge in [-0.3, -0.25) is 14.9 Å². The molecule has 1 heterocycles. The summed E-state index contributed by atoms with van der Waals surface area (Å²) in [6.07, 6.45) is 0. The molecule has 1 unspecified atom stereocenters. The topological polar surface area (TPSA) is 136 Å². The number of allylic oxidation sites excluding steroid dienone is 2. The summed E-state index contributed by atoms with van der Waals surface area (Å²) in [6, 6.07) is 5.53. The summed E-state index contributed by atoms with van der Waals surface area (Å²) in [7, 11) is 0. The molecule has 120 valence electrons. The van der Waals surface area contributed by atoms with Crippen LogP contribution in [0, 0.1) is 10.1 Å².